The number of hydrogen-bond acceptors (Lipinski definition) is 3. The van der Waals surface area contributed by atoms with Crippen molar-refractivity contribution in [1.29, 1.82) is 0 Å². The van der Waals surface area contributed by atoms with Gasteiger partial charge in [-0.2, -0.15) is 0 Å². The van der Waals surface area contributed by atoms with Crippen LogP contribution in [-0.4, -0.2) is 19.0 Å². The molecule has 0 heterocycles. The van der Waals surface area contributed by atoms with Crippen molar-refractivity contribution in [2.24, 2.45) is 10.7 Å². The van der Waals surface area contributed by atoms with Crippen molar-refractivity contribution in [3.8, 4) is 0 Å². The van der Waals surface area contributed by atoms with Crippen molar-refractivity contribution in [2.75, 3.05) is 18.1 Å². The number of nitrogen functional groups attached to an aromatic ring is 1. The molecule has 0 aliphatic carbocycles. The number of carbonyl (C=O) groups is 1. The molecule has 0 aromatic heterocycles. The summed E-state index contributed by atoms with van der Waals surface area (Å²) in [5, 5.41) is 5.25. The van der Waals surface area contributed by atoms with Gasteiger partial charge in [0.25, 0.3) is 0 Å². The van der Waals surface area contributed by atoms with E-state index in [0.717, 1.165) is 29.7 Å². The summed E-state index contributed by atoms with van der Waals surface area (Å²) in [7, 11) is 1.51. The zero-order chi connectivity index (χ0) is 14.4. The molecule has 0 aliphatic heterocycles. The number of anilines is 2. The minimum atomic E-state index is -0.405. The van der Waals surface area contributed by atoms with Crippen LogP contribution in [0, 0.1) is 0 Å². The smallest absolute Gasteiger partial charge is 0.326 e. The predicted octanol–water partition coefficient (Wildman–Crippen LogP) is 1.46. The predicted molar refractivity (Wildman–Crippen MR) is 79.3 cm³/mol. The Morgan fingerprint density at radius 1 is 1.26 bits per heavy atom. The highest BCUT2D eigenvalue weighted by Gasteiger charge is 2.11. The molecule has 0 radical (unpaired) electrons. The van der Waals surface area contributed by atoms with Crippen molar-refractivity contribution >= 4 is 23.4 Å². The minimum Gasteiger partial charge on any atom is -0.399 e. The number of nitrogens with zero attached hydrogens (tertiary/aromatic N) is 1. The van der Waals surface area contributed by atoms with Gasteiger partial charge in [0.15, 0.2) is 5.96 Å². The molecule has 0 unspecified atom stereocenters. The molecule has 0 saturated heterocycles. The lowest BCUT2D eigenvalue weighted by molar-refractivity contribution is 0.256. The Labute approximate surface area is 113 Å². The third kappa shape index (κ3) is 3.87. The average Bonchev–Trinajstić information content (AvgIpc) is 2.39. The van der Waals surface area contributed by atoms with Gasteiger partial charge in [0, 0.05) is 18.4 Å². The Balaban J connectivity index is 3.02. The van der Waals surface area contributed by atoms with Crippen LogP contribution in [0.15, 0.2) is 17.1 Å². The van der Waals surface area contributed by atoms with Gasteiger partial charge in [-0.3, -0.25) is 10.3 Å². The zero-order valence-corrected chi connectivity index (χ0v) is 11.6. The quantitative estimate of drug-likeness (QED) is 0.377. The van der Waals surface area contributed by atoms with Crippen LogP contribution in [0.1, 0.15) is 25.0 Å². The molecule has 6 N–H and O–H groups in total. The third-order valence-corrected chi connectivity index (χ3v) is 2.81. The summed E-state index contributed by atoms with van der Waals surface area (Å²) in [6.45, 7) is 4.03. The number of nitrogens with one attached hydrogen (secondary N) is 2. The molecular weight excluding hydrogens is 242 g/mol. The first kappa shape index (κ1) is 14.8. The maximum absolute atomic E-state index is 11.8. The van der Waals surface area contributed by atoms with E-state index in [2.05, 4.69) is 15.6 Å². The van der Waals surface area contributed by atoms with E-state index in [0.29, 0.717) is 5.69 Å². The Hall–Kier alpha value is -2.24. The lowest BCUT2D eigenvalue weighted by atomic mass is 10.0. The summed E-state index contributed by atoms with van der Waals surface area (Å²) >= 11 is 0. The summed E-state index contributed by atoms with van der Waals surface area (Å²) in [5.74, 6) is 0.0732. The second-order valence-electron chi connectivity index (χ2n) is 4.11. The van der Waals surface area contributed by atoms with Gasteiger partial charge in [-0.1, -0.05) is 13.8 Å². The van der Waals surface area contributed by atoms with Crippen LogP contribution < -0.4 is 22.1 Å². The highest BCUT2D eigenvalue weighted by molar-refractivity contribution is 6.02. The fourth-order valence-corrected chi connectivity index (χ4v) is 1.83. The largest absolute Gasteiger partial charge is 0.399 e. The maximum atomic E-state index is 11.8. The molecule has 0 atom stereocenters. The van der Waals surface area contributed by atoms with E-state index in [9.17, 15) is 4.79 Å². The SMILES string of the molecule is CCc1cc(N)cc(CC)c1NC(=O)NC(N)=NC. The van der Waals surface area contributed by atoms with E-state index in [1.807, 2.05) is 26.0 Å². The summed E-state index contributed by atoms with van der Waals surface area (Å²) < 4.78 is 0. The van der Waals surface area contributed by atoms with Crippen molar-refractivity contribution in [3.05, 3.63) is 23.3 Å². The topological polar surface area (TPSA) is 106 Å². The van der Waals surface area contributed by atoms with Crippen LogP contribution in [0.3, 0.4) is 0 Å². The molecule has 0 aliphatic rings. The first-order valence-corrected chi connectivity index (χ1v) is 6.23. The summed E-state index contributed by atoms with van der Waals surface area (Å²) in [6.07, 6.45) is 1.57. The Morgan fingerprint density at radius 3 is 2.21 bits per heavy atom. The molecule has 19 heavy (non-hydrogen) atoms. The van der Waals surface area contributed by atoms with Gasteiger partial charge in [0.1, 0.15) is 0 Å². The lowest BCUT2D eigenvalue weighted by Crippen LogP contribution is -2.39. The Kier molecular flexibility index (Phi) is 5.17. The van der Waals surface area contributed by atoms with Gasteiger partial charge in [-0.05, 0) is 36.1 Å². The highest BCUT2D eigenvalue weighted by Crippen LogP contribution is 2.25. The van der Waals surface area contributed by atoms with Gasteiger partial charge in [-0.25, -0.2) is 4.79 Å². The molecule has 6 nitrogen and oxygen atoms in total. The average molecular weight is 263 g/mol. The third-order valence-electron chi connectivity index (χ3n) is 2.81. The van der Waals surface area contributed by atoms with Crippen LogP contribution in [0.4, 0.5) is 16.2 Å². The minimum absolute atomic E-state index is 0.0732. The van der Waals surface area contributed by atoms with Crippen LogP contribution >= 0.6 is 0 Å². The number of guanidine groups is 1. The van der Waals surface area contributed by atoms with Gasteiger partial charge in [-0.15, -0.1) is 0 Å². The molecule has 0 saturated carbocycles. The van der Waals surface area contributed by atoms with Gasteiger partial charge < -0.3 is 16.8 Å². The van der Waals surface area contributed by atoms with Crippen molar-refractivity contribution in [1.82, 2.24) is 5.32 Å². The number of nitrogens with two attached hydrogens (primary N) is 2. The summed E-state index contributed by atoms with van der Waals surface area (Å²) in [5.41, 5.74) is 14.8. The fraction of sp³-hybridized carbons (Fsp3) is 0.385. The second-order valence-corrected chi connectivity index (χ2v) is 4.11. The van der Waals surface area contributed by atoms with Crippen LogP contribution in [-0.2, 0) is 12.8 Å². The number of urea groups is 1. The lowest BCUT2D eigenvalue weighted by Gasteiger charge is -2.15. The van der Waals surface area contributed by atoms with Gasteiger partial charge in [0.05, 0.1) is 0 Å². The maximum Gasteiger partial charge on any atom is 0.326 e. The molecule has 0 spiro atoms. The number of amides is 2. The van der Waals surface area contributed by atoms with E-state index in [1.165, 1.54) is 7.05 Å². The van der Waals surface area contributed by atoms with E-state index < -0.39 is 6.03 Å². The number of benzene rings is 1. The number of carbonyl (C=O) groups excluding carboxylic acids is 1. The first-order chi connectivity index (χ1) is 9.01. The van der Waals surface area contributed by atoms with Crippen LogP contribution in [0.5, 0.6) is 0 Å². The fourth-order valence-electron chi connectivity index (χ4n) is 1.83. The van der Waals surface area contributed by atoms with Crippen molar-refractivity contribution in [2.45, 2.75) is 26.7 Å². The Morgan fingerprint density at radius 2 is 1.79 bits per heavy atom. The molecule has 1 rings (SSSR count). The molecule has 0 bridgehead atoms. The van der Waals surface area contributed by atoms with Crippen LogP contribution in [0.2, 0.25) is 0 Å². The molecule has 2 amide bonds. The second kappa shape index (κ2) is 6.63. The molecule has 6 heteroatoms. The number of hydrogen-bond donors (Lipinski definition) is 4. The first-order valence-electron chi connectivity index (χ1n) is 6.23. The number of rotatable bonds is 3. The van der Waals surface area contributed by atoms with Crippen molar-refractivity contribution < 1.29 is 4.79 Å². The molecule has 104 valence electrons. The standard InChI is InChI=1S/C13H21N5O/c1-4-8-6-10(14)7-9(5-2)11(8)17-13(19)18-12(15)16-3/h6-7H,4-5,14H2,1-3H3,(H4,15,16,17,18,19). The number of aliphatic imine (C=N–C) groups is 1. The van der Waals surface area contributed by atoms with Crippen LogP contribution in [0.25, 0.3) is 0 Å². The normalized spacial score (nSPS) is 11.2. The molecule has 1 aromatic carbocycles. The molecule has 1 aromatic rings. The van der Waals surface area contributed by atoms with Crippen molar-refractivity contribution in [3.63, 3.8) is 0 Å². The van der Waals surface area contributed by atoms with E-state index in [-0.39, 0.29) is 5.96 Å². The Bertz CT molecular complexity index is 471. The van der Waals surface area contributed by atoms with E-state index >= 15 is 0 Å². The van der Waals surface area contributed by atoms with E-state index in [4.69, 9.17) is 11.5 Å². The van der Waals surface area contributed by atoms with Gasteiger partial charge in [0.2, 0.25) is 0 Å². The number of aryl methyl sites for hydroxylation is 2. The summed E-state index contributed by atoms with van der Waals surface area (Å²) in [6, 6.07) is 3.33. The van der Waals surface area contributed by atoms with Gasteiger partial charge >= 0.3 is 6.03 Å². The highest BCUT2D eigenvalue weighted by atomic mass is 16.2. The molecule has 0 fully saturated rings. The molecular formula is C13H21N5O. The summed E-state index contributed by atoms with van der Waals surface area (Å²) in [4.78, 5) is 15.5. The zero-order valence-electron chi connectivity index (χ0n) is 11.6. The van der Waals surface area contributed by atoms with E-state index in [1.54, 1.807) is 0 Å². The monoisotopic (exact) mass is 263 g/mol.